The molecule has 0 bridgehead atoms. The van der Waals surface area contributed by atoms with Crippen LogP contribution in [0.5, 0.6) is 0 Å². The van der Waals surface area contributed by atoms with Gasteiger partial charge in [-0.15, -0.1) is 11.6 Å². The highest BCUT2D eigenvalue weighted by atomic mass is 35.5. The molecule has 0 aliphatic rings. The van der Waals surface area contributed by atoms with E-state index in [1.165, 1.54) is 5.56 Å². The summed E-state index contributed by atoms with van der Waals surface area (Å²) in [6.07, 6.45) is 6.12. The molecule has 0 aliphatic carbocycles. The van der Waals surface area contributed by atoms with Crippen LogP contribution in [0.1, 0.15) is 11.4 Å². The lowest BCUT2D eigenvalue weighted by atomic mass is 10.2. The van der Waals surface area contributed by atoms with Gasteiger partial charge < -0.3 is 4.57 Å². The summed E-state index contributed by atoms with van der Waals surface area (Å²) in [6.45, 7) is 0.738. The monoisotopic (exact) mass is 272 g/mol. The van der Waals surface area contributed by atoms with Gasteiger partial charge in [-0.25, -0.2) is 9.97 Å². The highest BCUT2D eigenvalue weighted by Gasteiger charge is 2.11. The van der Waals surface area contributed by atoms with E-state index in [0.717, 1.165) is 30.0 Å². The largest absolute Gasteiger partial charge is 0.308 e. The number of pyridine rings is 2. The fraction of sp³-hybridized carbons (Fsp3) is 0.214. The molecule has 4 nitrogen and oxygen atoms in total. The van der Waals surface area contributed by atoms with Gasteiger partial charge >= 0.3 is 0 Å². The first kappa shape index (κ1) is 12.1. The third-order valence-corrected chi connectivity index (χ3v) is 3.18. The van der Waals surface area contributed by atoms with Crippen molar-refractivity contribution in [1.82, 2.24) is 19.5 Å². The fourth-order valence-electron chi connectivity index (χ4n) is 2.12. The number of rotatable bonds is 4. The van der Waals surface area contributed by atoms with Crippen molar-refractivity contribution in [2.75, 3.05) is 5.88 Å². The molecule has 19 heavy (non-hydrogen) atoms. The molecule has 3 aromatic heterocycles. The van der Waals surface area contributed by atoms with Crippen LogP contribution in [-0.4, -0.2) is 25.4 Å². The van der Waals surface area contributed by atoms with Gasteiger partial charge in [0.05, 0.1) is 6.54 Å². The summed E-state index contributed by atoms with van der Waals surface area (Å²) in [5.74, 6) is 1.53. The molecule has 5 heteroatoms. The average molecular weight is 273 g/mol. The Morgan fingerprint density at radius 1 is 1.11 bits per heavy atom. The van der Waals surface area contributed by atoms with Crippen molar-refractivity contribution < 1.29 is 0 Å². The lowest BCUT2D eigenvalue weighted by Gasteiger charge is -2.07. The SMILES string of the molecule is ClCCc1nc2cccnc2n1Cc1ccncc1. The molecule has 0 unspecified atom stereocenters. The summed E-state index contributed by atoms with van der Waals surface area (Å²) in [4.78, 5) is 13.1. The smallest absolute Gasteiger partial charge is 0.160 e. The number of nitrogens with zero attached hydrogens (tertiary/aromatic N) is 4. The van der Waals surface area contributed by atoms with Gasteiger partial charge in [0.15, 0.2) is 5.65 Å². The van der Waals surface area contributed by atoms with Gasteiger partial charge in [0.1, 0.15) is 11.3 Å². The topological polar surface area (TPSA) is 43.6 Å². The summed E-state index contributed by atoms with van der Waals surface area (Å²) in [6, 6.07) is 7.87. The van der Waals surface area contributed by atoms with Crippen molar-refractivity contribution >= 4 is 22.8 Å². The Balaban J connectivity index is 2.07. The zero-order chi connectivity index (χ0) is 13.1. The number of alkyl halides is 1. The second-order valence-corrected chi connectivity index (χ2v) is 4.63. The van der Waals surface area contributed by atoms with Crippen molar-refractivity contribution in [2.45, 2.75) is 13.0 Å². The maximum atomic E-state index is 5.85. The molecule has 0 N–H and O–H groups in total. The highest BCUT2D eigenvalue weighted by molar-refractivity contribution is 6.17. The van der Waals surface area contributed by atoms with E-state index in [2.05, 4.69) is 19.5 Å². The number of hydrogen-bond donors (Lipinski definition) is 0. The van der Waals surface area contributed by atoms with Crippen molar-refractivity contribution in [3.8, 4) is 0 Å². The molecule has 96 valence electrons. The number of imidazole rings is 1. The second kappa shape index (κ2) is 5.36. The molecule has 0 amide bonds. The Bertz CT molecular complexity index is 678. The summed E-state index contributed by atoms with van der Waals surface area (Å²) in [5.41, 5.74) is 2.99. The molecule has 0 saturated heterocycles. The van der Waals surface area contributed by atoms with Gasteiger partial charge in [-0.1, -0.05) is 0 Å². The van der Waals surface area contributed by atoms with Crippen LogP contribution in [-0.2, 0) is 13.0 Å². The lowest BCUT2D eigenvalue weighted by molar-refractivity contribution is 0.746. The first-order chi connectivity index (χ1) is 9.38. The fourth-order valence-corrected chi connectivity index (χ4v) is 2.29. The van der Waals surface area contributed by atoms with Gasteiger partial charge in [0.2, 0.25) is 0 Å². The van der Waals surface area contributed by atoms with Crippen molar-refractivity contribution in [2.24, 2.45) is 0 Å². The second-order valence-electron chi connectivity index (χ2n) is 4.25. The average Bonchev–Trinajstić information content (AvgIpc) is 2.79. The Morgan fingerprint density at radius 2 is 1.95 bits per heavy atom. The zero-order valence-corrected chi connectivity index (χ0v) is 11.1. The quantitative estimate of drug-likeness (QED) is 0.686. The van der Waals surface area contributed by atoms with E-state index in [1.807, 2.05) is 24.3 Å². The van der Waals surface area contributed by atoms with Crippen LogP contribution in [0.2, 0.25) is 0 Å². The Morgan fingerprint density at radius 3 is 2.74 bits per heavy atom. The van der Waals surface area contributed by atoms with E-state index in [9.17, 15) is 0 Å². The van der Waals surface area contributed by atoms with E-state index in [4.69, 9.17) is 11.6 Å². The first-order valence-corrected chi connectivity index (χ1v) is 6.67. The molecule has 0 radical (unpaired) electrons. The molecule has 0 atom stereocenters. The maximum absolute atomic E-state index is 5.85. The number of aromatic nitrogens is 4. The van der Waals surface area contributed by atoms with Gasteiger partial charge in [-0.2, -0.15) is 0 Å². The van der Waals surface area contributed by atoms with Crippen LogP contribution in [0.25, 0.3) is 11.2 Å². The molecule has 3 rings (SSSR count). The predicted molar refractivity (Wildman–Crippen MR) is 75.3 cm³/mol. The van der Waals surface area contributed by atoms with Gasteiger partial charge in [0, 0.05) is 30.9 Å². The molecular formula is C14H13ClN4. The van der Waals surface area contributed by atoms with Crippen LogP contribution in [0.15, 0.2) is 42.9 Å². The zero-order valence-electron chi connectivity index (χ0n) is 10.3. The summed E-state index contributed by atoms with van der Waals surface area (Å²) < 4.78 is 2.12. The van der Waals surface area contributed by atoms with E-state index in [1.54, 1.807) is 18.6 Å². The van der Waals surface area contributed by atoms with Crippen molar-refractivity contribution in [3.63, 3.8) is 0 Å². The van der Waals surface area contributed by atoms with Crippen LogP contribution in [0, 0.1) is 0 Å². The number of aryl methyl sites for hydroxylation is 1. The third-order valence-electron chi connectivity index (χ3n) is 2.99. The van der Waals surface area contributed by atoms with E-state index >= 15 is 0 Å². The minimum absolute atomic E-state index is 0.555. The van der Waals surface area contributed by atoms with E-state index in [-0.39, 0.29) is 0 Å². The van der Waals surface area contributed by atoms with Crippen molar-refractivity contribution in [3.05, 3.63) is 54.2 Å². The standard InChI is InChI=1S/C14H13ClN4/c15-6-3-13-18-12-2-1-7-17-14(12)19(13)10-11-4-8-16-9-5-11/h1-2,4-5,7-9H,3,6,10H2. The predicted octanol–water partition coefficient (Wildman–Crippen LogP) is 2.66. The summed E-state index contributed by atoms with van der Waals surface area (Å²) in [5, 5.41) is 0. The molecule has 3 heterocycles. The van der Waals surface area contributed by atoms with Crippen LogP contribution >= 0.6 is 11.6 Å². The van der Waals surface area contributed by atoms with Crippen LogP contribution < -0.4 is 0 Å². The first-order valence-electron chi connectivity index (χ1n) is 6.13. The maximum Gasteiger partial charge on any atom is 0.160 e. The Kier molecular flexibility index (Phi) is 3.42. The van der Waals surface area contributed by atoms with E-state index in [0.29, 0.717) is 5.88 Å². The Hall–Kier alpha value is -1.94. The minimum Gasteiger partial charge on any atom is -0.308 e. The van der Waals surface area contributed by atoms with Gasteiger partial charge in [0.25, 0.3) is 0 Å². The number of halogens is 1. The van der Waals surface area contributed by atoms with Gasteiger partial charge in [-0.3, -0.25) is 4.98 Å². The number of fused-ring (bicyclic) bond motifs is 1. The molecule has 0 fully saturated rings. The third kappa shape index (κ3) is 2.44. The van der Waals surface area contributed by atoms with Gasteiger partial charge in [-0.05, 0) is 29.8 Å². The summed E-state index contributed by atoms with van der Waals surface area (Å²) >= 11 is 5.85. The number of hydrogen-bond acceptors (Lipinski definition) is 3. The minimum atomic E-state index is 0.555. The molecule has 0 aromatic carbocycles. The van der Waals surface area contributed by atoms with Crippen LogP contribution in [0.3, 0.4) is 0 Å². The van der Waals surface area contributed by atoms with E-state index < -0.39 is 0 Å². The molecule has 3 aromatic rings. The molecule has 0 aliphatic heterocycles. The van der Waals surface area contributed by atoms with Crippen LogP contribution in [0.4, 0.5) is 0 Å². The normalized spacial score (nSPS) is 11.0. The van der Waals surface area contributed by atoms with Crippen molar-refractivity contribution in [1.29, 1.82) is 0 Å². The highest BCUT2D eigenvalue weighted by Crippen LogP contribution is 2.16. The molecule has 0 spiro atoms. The Labute approximate surface area is 116 Å². The molecular weight excluding hydrogens is 260 g/mol. The summed E-state index contributed by atoms with van der Waals surface area (Å²) in [7, 11) is 0. The molecule has 0 saturated carbocycles. The lowest BCUT2D eigenvalue weighted by Crippen LogP contribution is -2.06.